The van der Waals surface area contributed by atoms with Crippen LogP contribution < -0.4 is 10.6 Å². The summed E-state index contributed by atoms with van der Waals surface area (Å²) in [5.41, 5.74) is 0.493. The predicted octanol–water partition coefficient (Wildman–Crippen LogP) is 2.95. The number of phenolic OH excluding ortho intramolecular Hbond substituents is 1. The number of phenols is 1. The van der Waals surface area contributed by atoms with Gasteiger partial charge in [-0.15, -0.1) is 0 Å². The van der Waals surface area contributed by atoms with Crippen LogP contribution in [0.3, 0.4) is 0 Å². The molecule has 1 aromatic carbocycles. The Balaban J connectivity index is 2.01. The highest BCUT2D eigenvalue weighted by Crippen LogP contribution is 2.19. The van der Waals surface area contributed by atoms with Gasteiger partial charge in [0, 0.05) is 18.3 Å². The number of benzene rings is 1. The van der Waals surface area contributed by atoms with Crippen molar-refractivity contribution >= 4 is 17.4 Å². The molecule has 0 atom stereocenters. The molecule has 1 heterocycles. The lowest BCUT2D eigenvalue weighted by molar-refractivity contribution is 0.262. The first-order chi connectivity index (χ1) is 9.45. The van der Waals surface area contributed by atoms with Crippen molar-refractivity contribution in [3.63, 3.8) is 0 Å². The fourth-order valence-corrected chi connectivity index (χ4v) is 1.58. The Hall–Kier alpha value is -2.57. The third-order valence-corrected chi connectivity index (χ3v) is 2.59. The average Bonchev–Trinajstić information content (AvgIpc) is 2.81. The molecular formula is C13H15FN4O2. The van der Waals surface area contributed by atoms with Crippen molar-refractivity contribution in [1.29, 1.82) is 0 Å². The lowest BCUT2D eigenvalue weighted by Gasteiger charge is -2.07. The minimum absolute atomic E-state index is 0.0171. The van der Waals surface area contributed by atoms with Gasteiger partial charge < -0.3 is 15.7 Å². The van der Waals surface area contributed by atoms with Crippen molar-refractivity contribution in [3.8, 4) is 5.75 Å². The monoisotopic (exact) mass is 278 g/mol. The molecule has 0 aliphatic carbocycles. The fraction of sp³-hybridized carbons (Fsp3) is 0.231. The summed E-state index contributed by atoms with van der Waals surface area (Å²) in [4.78, 5) is 11.7. The summed E-state index contributed by atoms with van der Waals surface area (Å²) in [6.07, 6.45) is 3.18. The maximum atomic E-state index is 13.4. The van der Waals surface area contributed by atoms with Gasteiger partial charge in [-0.25, -0.2) is 9.18 Å². The molecular weight excluding hydrogens is 263 g/mol. The van der Waals surface area contributed by atoms with Crippen molar-refractivity contribution in [3.05, 3.63) is 36.4 Å². The number of aromatic nitrogens is 2. The zero-order valence-corrected chi connectivity index (χ0v) is 11.1. The number of anilines is 2. The van der Waals surface area contributed by atoms with Crippen LogP contribution in [0, 0.1) is 5.82 Å². The van der Waals surface area contributed by atoms with Crippen LogP contribution >= 0.6 is 0 Å². The van der Waals surface area contributed by atoms with E-state index < -0.39 is 11.8 Å². The molecule has 2 rings (SSSR count). The third-order valence-electron chi connectivity index (χ3n) is 2.59. The van der Waals surface area contributed by atoms with Crippen LogP contribution in [0.15, 0.2) is 30.6 Å². The number of halogens is 1. The summed E-state index contributed by atoms with van der Waals surface area (Å²) in [6, 6.07) is 3.09. The van der Waals surface area contributed by atoms with E-state index in [9.17, 15) is 9.18 Å². The van der Waals surface area contributed by atoms with Crippen LogP contribution in [0.5, 0.6) is 5.75 Å². The van der Waals surface area contributed by atoms with E-state index >= 15 is 0 Å². The SMILES string of the molecule is CC(C)n1cc(NC(=O)Nc2ccc(O)cc2F)cn1. The number of hydrogen-bond acceptors (Lipinski definition) is 3. The second kappa shape index (κ2) is 5.60. The first-order valence-electron chi connectivity index (χ1n) is 6.06. The highest BCUT2D eigenvalue weighted by atomic mass is 19.1. The predicted molar refractivity (Wildman–Crippen MR) is 73.3 cm³/mol. The molecule has 106 valence electrons. The summed E-state index contributed by atoms with van der Waals surface area (Å²) in [5.74, 6) is -0.912. The van der Waals surface area contributed by atoms with Crippen LogP contribution in [-0.2, 0) is 0 Å². The van der Waals surface area contributed by atoms with E-state index in [0.29, 0.717) is 5.69 Å². The number of hydrogen-bond donors (Lipinski definition) is 3. The molecule has 0 aliphatic heterocycles. The van der Waals surface area contributed by atoms with Crippen molar-refractivity contribution in [2.75, 3.05) is 10.6 Å². The van der Waals surface area contributed by atoms with Gasteiger partial charge in [-0.2, -0.15) is 5.10 Å². The van der Waals surface area contributed by atoms with Crippen molar-refractivity contribution in [1.82, 2.24) is 9.78 Å². The zero-order valence-electron chi connectivity index (χ0n) is 11.1. The fourth-order valence-electron chi connectivity index (χ4n) is 1.58. The number of nitrogens with one attached hydrogen (secondary N) is 2. The van der Waals surface area contributed by atoms with Gasteiger partial charge in [0.1, 0.15) is 11.6 Å². The van der Waals surface area contributed by atoms with E-state index in [1.165, 1.54) is 18.3 Å². The molecule has 0 fully saturated rings. The number of urea groups is 1. The third kappa shape index (κ3) is 3.25. The average molecular weight is 278 g/mol. The molecule has 1 aromatic heterocycles. The van der Waals surface area contributed by atoms with Crippen molar-refractivity contribution in [2.45, 2.75) is 19.9 Å². The van der Waals surface area contributed by atoms with Crippen LogP contribution in [0.25, 0.3) is 0 Å². The molecule has 0 spiro atoms. The maximum Gasteiger partial charge on any atom is 0.323 e. The molecule has 3 N–H and O–H groups in total. The van der Waals surface area contributed by atoms with Gasteiger partial charge in [0.05, 0.1) is 17.6 Å². The van der Waals surface area contributed by atoms with E-state index in [1.54, 1.807) is 10.9 Å². The lowest BCUT2D eigenvalue weighted by atomic mass is 10.3. The first kappa shape index (κ1) is 13.9. The highest BCUT2D eigenvalue weighted by Gasteiger charge is 2.09. The zero-order chi connectivity index (χ0) is 14.7. The number of carbonyl (C=O) groups is 1. The minimum Gasteiger partial charge on any atom is -0.508 e. The second-order valence-corrected chi connectivity index (χ2v) is 4.55. The Bertz CT molecular complexity index is 625. The van der Waals surface area contributed by atoms with Gasteiger partial charge in [-0.1, -0.05) is 0 Å². The normalized spacial score (nSPS) is 10.6. The molecule has 0 saturated carbocycles. The van der Waals surface area contributed by atoms with E-state index in [2.05, 4.69) is 15.7 Å². The van der Waals surface area contributed by atoms with Gasteiger partial charge in [0.15, 0.2) is 0 Å². The first-order valence-corrected chi connectivity index (χ1v) is 6.06. The molecule has 6 nitrogen and oxygen atoms in total. The second-order valence-electron chi connectivity index (χ2n) is 4.55. The quantitative estimate of drug-likeness (QED) is 0.755. The molecule has 0 unspecified atom stereocenters. The standard InChI is InChI=1S/C13H15FN4O2/c1-8(2)18-7-9(6-15-18)16-13(20)17-12-4-3-10(19)5-11(12)14/h3-8,19H,1-2H3,(H2,16,17,20). The number of carbonyl (C=O) groups excluding carboxylic acids is 1. The molecule has 0 bridgehead atoms. The van der Waals surface area contributed by atoms with Gasteiger partial charge in [-0.3, -0.25) is 4.68 Å². The van der Waals surface area contributed by atoms with E-state index in [1.807, 2.05) is 13.8 Å². The van der Waals surface area contributed by atoms with Crippen LogP contribution in [0.1, 0.15) is 19.9 Å². The molecule has 0 radical (unpaired) electrons. The van der Waals surface area contributed by atoms with Gasteiger partial charge >= 0.3 is 6.03 Å². The highest BCUT2D eigenvalue weighted by molar-refractivity contribution is 5.99. The van der Waals surface area contributed by atoms with Gasteiger partial charge in [0.2, 0.25) is 0 Å². The van der Waals surface area contributed by atoms with E-state index in [0.717, 1.165) is 6.07 Å². The van der Waals surface area contributed by atoms with Crippen LogP contribution in [0.2, 0.25) is 0 Å². The molecule has 7 heteroatoms. The largest absolute Gasteiger partial charge is 0.508 e. The topological polar surface area (TPSA) is 79.2 Å². The summed E-state index contributed by atoms with van der Waals surface area (Å²) in [6.45, 7) is 3.92. The van der Waals surface area contributed by atoms with Crippen LogP contribution in [0.4, 0.5) is 20.6 Å². The molecule has 2 aromatic rings. The Labute approximate surface area is 115 Å². The smallest absolute Gasteiger partial charge is 0.323 e. The number of nitrogens with zero attached hydrogens (tertiary/aromatic N) is 2. The number of aromatic hydroxyl groups is 1. The Morgan fingerprint density at radius 3 is 2.75 bits per heavy atom. The molecule has 0 saturated heterocycles. The molecule has 20 heavy (non-hydrogen) atoms. The maximum absolute atomic E-state index is 13.4. The Morgan fingerprint density at radius 1 is 1.40 bits per heavy atom. The summed E-state index contributed by atoms with van der Waals surface area (Å²) < 4.78 is 15.1. The summed E-state index contributed by atoms with van der Waals surface area (Å²) >= 11 is 0. The molecule has 2 amide bonds. The van der Waals surface area contributed by atoms with Gasteiger partial charge in [-0.05, 0) is 26.0 Å². The van der Waals surface area contributed by atoms with E-state index in [4.69, 9.17) is 5.11 Å². The van der Waals surface area contributed by atoms with Crippen LogP contribution in [-0.4, -0.2) is 20.9 Å². The Kier molecular flexibility index (Phi) is 3.88. The summed E-state index contributed by atoms with van der Waals surface area (Å²) in [5, 5.41) is 18.1. The molecule has 0 aliphatic rings. The van der Waals surface area contributed by atoms with E-state index in [-0.39, 0.29) is 17.5 Å². The Morgan fingerprint density at radius 2 is 2.15 bits per heavy atom. The summed E-state index contributed by atoms with van der Waals surface area (Å²) in [7, 11) is 0. The van der Waals surface area contributed by atoms with Crippen molar-refractivity contribution in [2.24, 2.45) is 0 Å². The minimum atomic E-state index is -0.710. The lowest BCUT2D eigenvalue weighted by Crippen LogP contribution is -2.19. The number of rotatable bonds is 3. The number of amides is 2. The van der Waals surface area contributed by atoms with Crippen molar-refractivity contribution < 1.29 is 14.3 Å². The van der Waals surface area contributed by atoms with Gasteiger partial charge in [0.25, 0.3) is 0 Å².